The molecule has 3 N–H and O–H groups in total. The zero-order chi connectivity index (χ0) is 12.6. The Morgan fingerprint density at radius 3 is 2.56 bits per heavy atom. The largest absolute Gasteiger partial charge is 0.480 e. The van der Waals surface area contributed by atoms with E-state index >= 15 is 0 Å². The van der Waals surface area contributed by atoms with Gasteiger partial charge in [0.05, 0.1) is 12.2 Å². The molecule has 16 heavy (non-hydrogen) atoms. The van der Waals surface area contributed by atoms with E-state index < -0.39 is 12.0 Å². The average Bonchev–Trinajstić information content (AvgIpc) is 2.21. The van der Waals surface area contributed by atoms with Crippen molar-refractivity contribution in [2.75, 3.05) is 13.6 Å². The smallest absolute Gasteiger partial charge is 0.321 e. The van der Waals surface area contributed by atoms with Crippen LogP contribution in [0.15, 0.2) is 16.9 Å². The van der Waals surface area contributed by atoms with Crippen LogP contribution in [0.2, 0.25) is 0 Å². The highest BCUT2D eigenvalue weighted by Crippen LogP contribution is 2.05. The predicted octanol–water partition coefficient (Wildman–Crippen LogP) is -0.230. The predicted molar refractivity (Wildman–Crippen MR) is 61.4 cm³/mol. The molecule has 0 aromatic carbocycles. The summed E-state index contributed by atoms with van der Waals surface area (Å²) in [6.45, 7) is 4.76. The van der Waals surface area contributed by atoms with Gasteiger partial charge in [-0.3, -0.25) is 19.9 Å². The van der Waals surface area contributed by atoms with Crippen LogP contribution < -0.4 is 10.6 Å². The Morgan fingerprint density at radius 1 is 1.56 bits per heavy atom. The van der Waals surface area contributed by atoms with E-state index in [1.54, 1.807) is 13.2 Å². The summed E-state index contributed by atoms with van der Waals surface area (Å²) in [6.07, 6.45) is 1.74. The van der Waals surface area contributed by atoms with E-state index in [2.05, 4.69) is 22.3 Å². The van der Waals surface area contributed by atoms with Crippen molar-refractivity contribution in [2.24, 2.45) is 4.99 Å². The number of Topliss-reactive ketones (excluding diaryl/α,β-unsaturated/α-hetero) is 1. The first kappa shape index (κ1) is 14.3. The number of carbonyl (C=O) groups is 2. The topological polar surface area (TPSA) is 90.8 Å². The number of carboxylic acids is 1. The van der Waals surface area contributed by atoms with Crippen molar-refractivity contribution in [3.05, 3.63) is 11.9 Å². The van der Waals surface area contributed by atoms with E-state index in [4.69, 9.17) is 5.11 Å². The average molecular weight is 227 g/mol. The summed E-state index contributed by atoms with van der Waals surface area (Å²) in [7, 11) is 1.68. The number of carbonyl (C=O) groups excluding carboxylic acids is 1. The molecule has 0 heterocycles. The Morgan fingerprint density at radius 2 is 2.19 bits per heavy atom. The second-order valence-electron chi connectivity index (χ2n) is 3.26. The molecule has 90 valence electrons. The lowest BCUT2D eigenvalue weighted by atomic mass is 10.1. The van der Waals surface area contributed by atoms with Gasteiger partial charge in [0, 0.05) is 19.7 Å². The van der Waals surface area contributed by atoms with Crippen LogP contribution in [0.4, 0.5) is 0 Å². The molecule has 0 rings (SSSR count). The Labute approximate surface area is 94.4 Å². The van der Waals surface area contributed by atoms with Crippen molar-refractivity contribution in [1.82, 2.24) is 10.6 Å². The SMILES string of the molecule is C=N/C(=C\NC)CC(NCC(C)=O)C(=O)O. The van der Waals surface area contributed by atoms with Crippen molar-refractivity contribution in [2.45, 2.75) is 19.4 Å². The van der Waals surface area contributed by atoms with Gasteiger partial charge in [0.15, 0.2) is 0 Å². The van der Waals surface area contributed by atoms with E-state index in [-0.39, 0.29) is 18.7 Å². The summed E-state index contributed by atoms with van der Waals surface area (Å²) in [6, 6.07) is -0.839. The van der Waals surface area contributed by atoms with Gasteiger partial charge in [0.25, 0.3) is 0 Å². The molecule has 0 radical (unpaired) electrons. The van der Waals surface area contributed by atoms with E-state index in [9.17, 15) is 9.59 Å². The first-order chi connectivity index (χ1) is 7.51. The number of aliphatic imine (C=N–C) groups is 1. The number of nitrogens with one attached hydrogen (secondary N) is 2. The normalized spacial score (nSPS) is 13.0. The van der Waals surface area contributed by atoms with Gasteiger partial charge >= 0.3 is 5.97 Å². The van der Waals surface area contributed by atoms with Crippen LogP contribution in [0.3, 0.4) is 0 Å². The number of hydrogen-bond acceptors (Lipinski definition) is 5. The van der Waals surface area contributed by atoms with Crippen molar-refractivity contribution >= 4 is 18.5 Å². The van der Waals surface area contributed by atoms with Crippen LogP contribution >= 0.6 is 0 Å². The third kappa shape index (κ3) is 5.92. The van der Waals surface area contributed by atoms with Gasteiger partial charge in [-0.25, -0.2) is 0 Å². The maximum absolute atomic E-state index is 10.9. The highest BCUT2D eigenvalue weighted by Gasteiger charge is 2.18. The molecule has 0 amide bonds. The van der Waals surface area contributed by atoms with Gasteiger partial charge in [0.2, 0.25) is 0 Å². The second kappa shape index (κ2) is 7.58. The molecule has 0 aromatic heterocycles. The van der Waals surface area contributed by atoms with Crippen LogP contribution in [0.25, 0.3) is 0 Å². The van der Waals surface area contributed by atoms with Crippen LogP contribution in [0.5, 0.6) is 0 Å². The molecule has 6 nitrogen and oxygen atoms in total. The molecular weight excluding hydrogens is 210 g/mol. The quantitative estimate of drug-likeness (QED) is 0.498. The highest BCUT2D eigenvalue weighted by molar-refractivity contribution is 5.79. The number of ketones is 1. The van der Waals surface area contributed by atoms with Crippen LogP contribution in [0, 0.1) is 0 Å². The Kier molecular flexibility index (Phi) is 6.78. The molecule has 0 aliphatic carbocycles. The molecular formula is C10H17N3O3. The monoisotopic (exact) mass is 227 g/mol. The van der Waals surface area contributed by atoms with E-state index in [1.165, 1.54) is 6.92 Å². The van der Waals surface area contributed by atoms with Crippen LogP contribution in [-0.2, 0) is 9.59 Å². The fraction of sp³-hybridized carbons (Fsp3) is 0.500. The molecule has 0 aliphatic rings. The minimum absolute atomic E-state index is 0.0287. The summed E-state index contributed by atoms with van der Waals surface area (Å²) < 4.78 is 0. The maximum atomic E-state index is 10.9. The number of aliphatic carboxylic acids is 1. The van der Waals surface area contributed by atoms with Gasteiger partial charge in [-0.2, -0.15) is 0 Å². The van der Waals surface area contributed by atoms with Crippen molar-refractivity contribution < 1.29 is 14.7 Å². The Bertz CT molecular complexity index is 300. The van der Waals surface area contributed by atoms with Crippen molar-refractivity contribution in [3.8, 4) is 0 Å². The first-order valence-electron chi connectivity index (χ1n) is 4.80. The van der Waals surface area contributed by atoms with Crippen LogP contribution in [-0.4, -0.2) is 43.2 Å². The van der Waals surface area contributed by atoms with Crippen molar-refractivity contribution in [1.29, 1.82) is 0 Å². The minimum atomic E-state index is -1.02. The summed E-state index contributed by atoms with van der Waals surface area (Å²) in [4.78, 5) is 25.3. The van der Waals surface area contributed by atoms with E-state index in [0.29, 0.717) is 5.70 Å². The summed E-state index contributed by atoms with van der Waals surface area (Å²) in [5, 5.41) is 14.3. The molecule has 1 unspecified atom stereocenters. The molecule has 0 aliphatic heterocycles. The van der Waals surface area contributed by atoms with E-state index in [1.807, 2.05) is 0 Å². The molecule has 0 bridgehead atoms. The zero-order valence-corrected chi connectivity index (χ0v) is 9.49. The third-order valence-electron chi connectivity index (χ3n) is 1.82. The van der Waals surface area contributed by atoms with Crippen LogP contribution in [0.1, 0.15) is 13.3 Å². The Hall–Kier alpha value is -1.69. The number of nitrogens with zero attached hydrogens (tertiary/aromatic N) is 1. The second-order valence-corrected chi connectivity index (χ2v) is 3.26. The molecule has 1 atom stereocenters. The van der Waals surface area contributed by atoms with E-state index in [0.717, 1.165) is 0 Å². The maximum Gasteiger partial charge on any atom is 0.321 e. The van der Waals surface area contributed by atoms with Gasteiger partial charge in [0.1, 0.15) is 11.8 Å². The summed E-state index contributed by atoms with van der Waals surface area (Å²) >= 11 is 0. The lowest BCUT2D eigenvalue weighted by Gasteiger charge is -2.13. The molecule has 6 heteroatoms. The third-order valence-corrected chi connectivity index (χ3v) is 1.82. The first-order valence-corrected chi connectivity index (χ1v) is 4.80. The fourth-order valence-electron chi connectivity index (χ4n) is 1.06. The summed E-state index contributed by atoms with van der Waals surface area (Å²) in [5.41, 5.74) is 0.519. The summed E-state index contributed by atoms with van der Waals surface area (Å²) in [5.74, 6) is -1.14. The molecule has 0 spiro atoms. The lowest BCUT2D eigenvalue weighted by molar-refractivity contribution is -0.139. The number of hydrogen-bond donors (Lipinski definition) is 3. The van der Waals surface area contributed by atoms with Gasteiger partial charge in [-0.05, 0) is 13.6 Å². The molecule has 0 saturated carbocycles. The lowest BCUT2D eigenvalue weighted by Crippen LogP contribution is -2.39. The molecule has 0 fully saturated rings. The molecule has 0 aromatic rings. The number of rotatable bonds is 8. The zero-order valence-electron chi connectivity index (χ0n) is 9.49. The van der Waals surface area contributed by atoms with Gasteiger partial charge in [-0.15, -0.1) is 0 Å². The van der Waals surface area contributed by atoms with Crippen molar-refractivity contribution in [3.63, 3.8) is 0 Å². The minimum Gasteiger partial charge on any atom is -0.480 e. The Balaban J connectivity index is 4.43. The molecule has 0 saturated heterocycles. The van der Waals surface area contributed by atoms with Gasteiger partial charge in [-0.1, -0.05) is 0 Å². The standard InChI is InChI=1S/C10H17N3O3/c1-7(14)5-13-9(10(15)16)4-8(12-3)6-11-2/h6,9,11,13H,3-5H2,1-2H3,(H,15,16)/b8-6-. The number of carboxylic acid groups (broad SMARTS) is 1. The fourth-order valence-corrected chi connectivity index (χ4v) is 1.06. The highest BCUT2D eigenvalue weighted by atomic mass is 16.4. The van der Waals surface area contributed by atoms with Gasteiger partial charge < -0.3 is 10.4 Å².